The largest absolute Gasteiger partial charge is 0.508 e. The number of ether oxygens (including phenoxy) is 2. The molecule has 0 unspecified atom stereocenters. The first-order valence-corrected chi connectivity index (χ1v) is 17.8. The van der Waals surface area contributed by atoms with Gasteiger partial charge in [0.15, 0.2) is 0 Å². The van der Waals surface area contributed by atoms with E-state index in [-0.39, 0.29) is 41.3 Å². The molecule has 2 aliphatic carbocycles. The van der Waals surface area contributed by atoms with E-state index < -0.39 is 70.4 Å². The number of phenolic OH excluding ortho intramolecular Hbond substituents is 1. The molecular weight excluding hydrogens is 706 g/mol. The highest BCUT2D eigenvalue weighted by atomic mass is 16.5. The van der Waals surface area contributed by atoms with Crippen LogP contribution in [0, 0.1) is 30.6 Å². The smallest absolute Gasteiger partial charge is 0.339 e. The van der Waals surface area contributed by atoms with Crippen LogP contribution in [0.4, 0.5) is 11.4 Å². The Bertz CT molecular complexity index is 2300. The van der Waals surface area contributed by atoms with E-state index in [0.717, 1.165) is 27.6 Å². The van der Waals surface area contributed by atoms with Crippen molar-refractivity contribution in [1.29, 1.82) is 0 Å². The number of hydrogen-bond acceptors (Lipinski definition) is 10. The predicted molar refractivity (Wildman–Crippen MR) is 198 cm³/mol. The van der Waals surface area contributed by atoms with Crippen LogP contribution in [0.15, 0.2) is 96.6 Å². The number of aromatic carboxylic acids is 1. The molecule has 0 radical (unpaired) electrons. The fourth-order valence-electron chi connectivity index (χ4n) is 9.37. The quantitative estimate of drug-likeness (QED) is 0.136. The second-order valence-electron chi connectivity index (χ2n) is 14.4. The zero-order chi connectivity index (χ0) is 38.9. The van der Waals surface area contributed by atoms with Crippen LogP contribution in [0.3, 0.4) is 0 Å². The van der Waals surface area contributed by atoms with Crippen molar-refractivity contribution in [1.82, 2.24) is 5.01 Å². The van der Waals surface area contributed by atoms with Crippen molar-refractivity contribution in [3.8, 4) is 23.0 Å². The lowest BCUT2D eigenvalue weighted by Gasteiger charge is -2.51. The summed E-state index contributed by atoms with van der Waals surface area (Å²) >= 11 is 0. The van der Waals surface area contributed by atoms with E-state index in [9.17, 15) is 34.5 Å². The molecule has 2 aliphatic heterocycles. The molecule has 4 aromatic carbocycles. The van der Waals surface area contributed by atoms with Crippen molar-refractivity contribution in [3.63, 3.8) is 0 Å². The van der Waals surface area contributed by atoms with Crippen molar-refractivity contribution >= 4 is 41.0 Å². The minimum atomic E-state index is -1.62. The summed E-state index contributed by atoms with van der Waals surface area (Å²) in [6.45, 7) is 1.92. The third-order valence-electron chi connectivity index (χ3n) is 11.7. The van der Waals surface area contributed by atoms with Crippen molar-refractivity contribution in [2.24, 2.45) is 23.7 Å². The number of nitrogens with zero attached hydrogens (tertiary/aromatic N) is 2. The molecule has 6 atom stereocenters. The Morgan fingerprint density at radius 3 is 2.13 bits per heavy atom. The minimum Gasteiger partial charge on any atom is -0.508 e. The highest BCUT2D eigenvalue weighted by Crippen LogP contribution is 2.66. The van der Waals surface area contributed by atoms with E-state index in [1.54, 1.807) is 36.4 Å². The summed E-state index contributed by atoms with van der Waals surface area (Å²) in [5.41, 5.74) is 4.12. The van der Waals surface area contributed by atoms with E-state index in [1.807, 2.05) is 31.2 Å². The summed E-state index contributed by atoms with van der Waals surface area (Å²) in [6.07, 6.45) is 2.00. The topological polar surface area (TPSA) is 183 Å². The Hall–Kier alpha value is -6.63. The Balaban J connectivity index is 1.34. The van der Waals surface area contributed by atoms with Gasteiger partial charge >= 0.3 is 5.97 Å². The first-order chi connectivity index (χ1) is 26.4. The number of rotatable bonds is 8. The highest BCUT2D eigenvalue weighted by molar-refractivity contribution is 6.23. The second kappa shape index (κ2) is 13.0. The van der Waals surface area contributed by atoms with Crippen LogP contribution in [0.1, 0.15) is 45.8 Å². The van der Waals surface area contributed by atoms with Crippen molar-refractivity contribution in [2.75, 3.05) is 24.5 Å². The summed E-state index contributed by atoms with van der Waals surface area (Å²) in [6, 6.07) is 22.5. The highest BCUT2D eigenvalue weighted by Gasteiger charge is 2.71. The molecular formula is C42H37N3O10. The van der Waals surface area contributed by atoms with Crippen LogP contribution in [0.25, 0.3) is 0 Å². The number of benzene rings is 4. The van der Waals surface area contributed by atoms with Gasteiger partial charge in [-0.3, -0.25) is 24.6 Å². The lowest BCUT2D eigenvalue weighted by molar-refractivity contribution is -0.138. The van der Waals surface area contributed by atoms with Gasteiger partial charge in [-0.05, 0) is 55.5 Å². The number of aromatic hydroxyl groups is 2. The average molecular weight is 744 g/mol. The molecule has 13 heteroatoms. The first kappa shape index (κ1) is 35.4. The number of carboxylic acid groups (broad SMARTS) is 1. The van der Waals surface area contributed by atoms with Gasteiger partial charge in [-0.1, -0.05) is 59.7 Å². The minimum absolute atomic E-state index is 0.0157. The fraction of sp³-hybridized carbons (Fsp3) is 0.262. The molecule has 0 spiro atoms. The van der Waals surface area contributed by atoms with Crippen LogP contribution in [0.5, 0.6) is 23.0 Å². The van der Waals surface area contributed by atoms with Crippen LogP contribution >= 0.6 is 0 Å². The van der Waals surface area contributed by atoms with Crippen LogP contribution < -0.4 is 19.8 Å². The number of methoxy groups -OCH3 is 2. The Labute approximate surface area is 315 Å². The average Bonchev–Trinajstić information content (AvgIpc) is 3.56. The number of allylic oxidation sites excluding steroid dienone is 2. The zero-order valence-electron chi connectivity index (χ0n) is 30.1. The number of nitrogens with one attached hydrogen (secondary N) is 1. The second-order valence-corrected chi connectivity index (χ2v) is 14.4. The van der Waals surface area contributed by atoms with E-state index in [1.165, 1.54) is 32.4 Å². The first-order valence-electron chi connectivity index (χ1n) is 17.8. The Morgan fingerprint density at radius 2 is 1.51 bits per heavy atom. The van der Waals surface area contributed by atoms with Gasteiger partial charge in [-0.15, -0.1) is 0 Å². The van der Waals surface area contributed by atoms with E-state index in [4.69, 9.17) is 9.47 Å². The number of carboxylic acids is 1. The molecule has 8 rings (SSSR count). The maximum atomic E-state index is 15.4. The number of hydrogen-bond donors (Lipinski definition) is 4. The number of carbonyl (C=O) groups is 5. The van der Waals surface area contributed by atoms with Gasteiger partial charge in [0.05, 0.1) is 48.8 Å². The number of aryl methyl sites for hydroxylation is 1. The van der Waals surface area contributed by atoms with Crippen molar-refractivity contribution in [2.45, 2.75) is 31.1 Å². The van der Waals surface area contributed by atoms with E-state index in [2.05, 4.69) is 5.43 Å². The third kappa shape index (κ3) is 5.17. The maximum absolute atomic E-state index is 15.4. The number of fused-ring (bicyclic) bond motifs is 4. The molecule has 4 N–H and O–H groups in total. The van der Waals surface area contributed by atoms with Gasteiger partial charge in [-0.25, -0.2) is 9.69 Å². The molecule has 3 fully saturated rings. The van der Waals surface area contributed by atoms with Gasteiger partial charge < -0.3 is 24.8 Å². The van der Waals surface area contributed by atoms with Gasteiger partial charge in [-0.2, -0.15) is 5.01 Å². The molecule has 0 aromatic heterocycles. The molecule has 0 bridgehead atoms. The normalized spacial score (nSPS) is 25.6. The molecule has 13 nitrogen and oxygen atoms in total. The summed E-state index contributed by atoms with van der Waals surface area (Å²) in [7, 11) is 2.84. The molecule has 2 saturated heterocycles. The van der Waals surface area contributed by atoms with Gasteiger partial charge in [0.2, 0.25) is 11.8 Å². The predicted octanol–water partition coefficient (Wildman–Crippen LogP) is 5.31. The standard InChI is InChI=1S/C42H37N3O10/c1-21-9-11-23(12-10-21)43-45-38(49)30-20-29-26(15-16-28-34(29)39(50)44(37(28)48)24-13-14-27(40(51)52)31(47)17-24)36(35-32(54-2)18-25(46)19-33(35)55-3)42(30,41(45)53)22-7-5-4-6-8-22/h4-15,17-19,28-30,34,36,43,46-47H,16,20H2,1-3H3,(H,51,52)/t28-,29+,30-,34-,36+,42+/m0/s1. The molecule has 2 heterocycles. The number of imide groups is 2. The van der Waals surface area contributed by atoms with E-state index >= 15 is 4.79 Å². The lowest BCUT2D eigenvalue weighted by Crippen LogP contribution is -2.53. The number of hydrazine groups is 1. The van der Waals surface area contributed by atoms with Crippen molar-refractivity contribution < 1.29 is 48.8 Å². The number of carbonyl (C=O) groups excluding carboxylic acids is 4. The molecule has 4 amide bonds. The summed E-state index contributed by atoms with van der Waals surface area (Å²) in [5, 5.41) is 31.7. The number of amides is 4. The van der Waals surface area contributed by atoms with Crippen LogP contribution in [0.2, 0.25) is 0 Å². The van der Waals surface area contributed by atoms with Crippen molar-refractivity contribution in [3.05, 3.63) is 119 Å². The summed E-state index contributed by atoms with van der Waals surface area (Å²) in [5.74, 6) is -8.54. The van der Waals surface area contributed by atoms with E-state index in [0.29, 0.717) is 22.4 Å². The summed E-state index contributed by atoms with van der Waals surface area (Å²) in [4.78, 5) is 71.7. The maximum Gasteiger partial charge on any atom is 0.339 e. The molecule has 4 aliphatic rings. The SMILES string of the molecule is COc1cc(O)cc(OC)c1[C@H]1C2=CC[C@@H]3C(=O)N(c4ccc(C(=O)O)c(O)c4)C(=O)[C@@H]3[C@@H]2C[C@H]2C(=O)N(Nc3ccc(C)cc3)C(=O)[C@@]12c1ccccc1. The molecule has 280 valence electrons. The van der Waals surface area contributed by atoms with Gasteiger partial charge in [0, 0.05) is 29.7 Å². The van der Waals surface area contributed by atoms with Gasteiger partial charge in [0.1, 0.15) is 28.6 Å². The molecule has 55 heavy (non-hydrogen) atoms. The van der Waals surface area contributed by atoms with Gasteiger partial charge in [0.25, 0.3) is 11.8 Å². The van der Waals surface area contributed by atoms with Crippen LogP contribution in [-0.2, 0) is 24.6 Å². The summed E-state index contributed by atoms with van der Waals surface area (Å²) < 4.78 is 11.8. The monoisotopic (exact) mass is 743 g/mol. The van der Waals surface area contributed by atoms with Crippen LogP contribution in [-0.4, -0.2) is 64.1 Å². The number of anilines is 2. The Kier molecular flexibility index (Phi) is 8.40. The molecule has 1 saturated carbocycles. The Morgan fingerprint density at radius 1 is 0.836 bits per heavy atom. The number of phenols is 2. The molecule has 4 aromatic rings. The lowest BCUT2D eigenvalue weighted by atomic mass is 9.49. The zero-order valence-corrected chi connectivity index (χ0v) is 30.1. The fourth-order valence-corrected chi connectivity index (χ4v) is 9.37. The third-order valence-corrected chi connectivity index (χ3v) is 11.7.